The van der Waals surface area contributed by atoms with Crippen LogP contribution in [0.15, 0.2) is 146 Å². The van der Waals surface area contributed by atoms with Crippen LogP contribution in [-0.4, -0.2) is 172 Å². The normalized spacial score (nSPS) is 10.4. The van der Waals surface area contributed by atoms with Gasteiger partial charge in [-0.15, -0.1) is 0 Å². The molecule has 0 aromatic heterocycles. The maximum Gasteiger partial charge on any atom is 0.337 e. The number of benzene rings is 8. The molecule has 42 heteroatoms. The molecule has 0 unspecified atom stereocenters. The molecule has 42 nitrogen and oxygen atoms in total. The number of primary amides is 2. The second-order valence-corrected chi connectivity index (χ2v) is 31.3. The summed E-state index contributed by atoms with van der Waals surface area (Å²) < 4.78 is 55.3. The minimum Gasteiger partial charge on any atom is -0.491 e. The summed E-state index contributed by atoms with van der Waals surface area (Å²) >= 11 is 0. The van der Waals surface area contributed by atoms with Crippen molar-refractivity contribution in [2.24, 2.45) is 34.4 Å². The zero-order valence-corrected chi connectivity index (χ0v) is 79.8. The molecule has 140 heavy (non-hydrogen) atoms. The second kappa shape index (κ2) is 61.8. The number of amides is 8. The van der Waals surface area contributed by atoms with Gasteiger partial charge in [0.25, 0.3) is 23.6 Å². The van der Waals surface area contributed by atoms with Crippen LogP contribution in [0.4, 0.5) is 45.5 Å². The average Bonchev–Trinajstić information content (AvgIpc) is 0.827. The lowest BCUT2D eigenvalue weighted by Crippen LogP contribution is -2.15. The van der Waals surface area contributed by atoms with Crippen LogP contribution >= 0.6 is 0 Å². The summed E-state index contributed by atoms with van der Waals surface area (Å²) in [6.45, 7) is 13.6. The number of carbonyl (C=O) groups is 10. The number of ether oxygens (including phenoxy) is 10. The van der Waals surface area contributed by atoms with E-state index >= 15 is 0 Å². The van der Waals surface area contributed by atoms with Crippen molar-refractivity contribution in [3.63, 3.8) is 0 Å². The Labute approximate surface area is 810 Å². The number of esters is 2. The van der Waals surface area contributed by atoms with Gasteiger partial charge < -0.3 is 124 Å². The molecule has 0 saturated heterocycles. The van der Waals surface area contributed by atoms with E-state index in [1.54, 1.807) is 68.4 Å². The van der Waals surface area contributed by atoms with Crippen molar-refractivity contribution in [2.45, 2.75) is 157 Å². The van der Waals surface area contributed by atoms with Crippen LogP contribution in [0.2, 0.25) is 0 Å². The topological polar surface area (TPSA) is 673 Å². The maximum absolute atomic E-state index is 13.2. The fourth-order valence-electron chi connectivity index (χ4n) is 12.3. The predicted octanol–water partition coefficient (Wildman–Crippen LogP) is 15.2. The number of hydrogen-bond donors (Lipinski definition) is 16. The van der Waals surface area contributed by atoms with Gasteiger partial charge in [-0.1, -0.05) is 26.7 Å². The van der Waals surface area contributed by atoms with Crippen molar-refractivity contribution in [1.82, 2.24) is 0 Å². The molecular formula is C98H126N18O24. The van der Waals surface area contributed by atoms with E-state index in [9.17, 15) is 68.2 Å². The van der Waals surface area contributed by atoms with Crippen molar-refractivity contribution in [1.29, 1.82) is 21.6 Å². The van der Waals surface area contributed by atoms with Crippen LogP contribution in [0.1, 0.15) is 240 Å². The molecule has 8 amide bonds. The summed E-state index contributed by atoms with van der Waals surface area (Å²) in [5, 5.41) is 68.6. The number of unbranched alkanes of at least 4 members (excludes halogenated alkanes) is 6. The summed E-state index contributed by atoms with van der Waals surface area (Å²) in [5.41, 5.74) is 37.2. The van der Waals surface area contributed by atoms with Crippen LogP contribution in [0.3, 0.4) is 0 Å². The highest BCUT2D eigenvalue weighted by molar-refractivity contribution is 6.09. The van der Waals surface area contributed by atoms with Gasteiger partial charge in [-0.3, -0.25) is 69.4 Å². The first-order chi connectivity index (χ1) is 66.9. The van der Waals surface area contributed by atoms with Crippen LogP contribution in [0.25, 0.3) is 0 Å². The number of nitro benzene ring substituents is 2. The largest absolute Gasteiger partial charge is 0.491 e. The molecular weight excluding hydrogens is 1810 g/mol. The highest BCUT2D eigenvalue weighted by atomic mass is 16.6. The Morgan fingerprint density at radius 3 is 0.764 bits per heavy atom. The molecule has 0 bridgehead atoms. The average molecular weight is 1940 g/mol. The lowest BCUT2D eigenvalue weighted by Gasteiger charge is -2.16. The Bertz CT molecular complexity index is 5640. The molecule has 8 rings (SSSR count). The Hall–Kier alpha value is -16.1. The molecule has 0 saturated carbocycles. The predicted molar refractivity (Wildman–Crippen MR) is 532 cm³/mol. The van der Waals surface area contributed by atoms with Crippen LogP contribution in [-0.2, 0) is 19.1 Å². The van der Waals surface area contributed by atoms with Crippen molar-refractivity contribution in [3.8, 4) is 46.0 Å². The zero-order valence-electron chi connectivity index (χ0n) is 79.8. The first-order valence-electron chi connectivity index (χ1n) is 45.1. The number of anilines is 6. The molecule has 0 atom stereocenters. The van der Waals surface area contributed by atoms with E-state index in [1.165, 1.54) is 119 Å². The summed E-state index contributed by atoms with van der Waals surface area (Å²) in [5.74, 6) is -2.74. The van der Waals surface area contributed by atoms with Gasteiger partial charge in [0.2, 0.25) is 23.6 Å². The van der Waals surface area contributed by atoms with Crippen molar-refractivity contribution in [2.75, 3.05) is 112 Å². The zero-order chi connectivity index (χ0) is 103. The molecule has 752 valence electrons. The van der Waals surface area contributed by atoms with Gasteiger partial charge in [-0.2, -0.15) is 0 Å². The molecule has 0 aliphatic rings. The third-order valence-electron chi connectivity index (χ3n) is 19.6. The molecule has 8 aromatic rings. The Balaban J connectivity index is 0.000000330. The lowest BCUT2D eigenvalue weighted by molar-refractivity contribution is -0.386. The Morgan fingerprint density at radius 2 is 0.521 bits per heavy atom. The monoisotopic (exact) mass is 1940 g/mol. The third kappa shape index (κ3) is 41.2. The smallest absolute Gasteiger partial charge is 0.337 e. The first kappa shape index (κ1) is 114. The fraction of sp³-hybridized carbons (Fsp3) is 0.367. The fourth-order valence-corrected chi connectivity index (χ4v) is 12.3. The Morgan fingerprint density at radius 1 is 0.300 bits per heavy atom. The van der Waals surface area contributed by atoms with Crippen molar-refractivity contribution in [3.05, 3.63) is 210 Å². The van der Waals surface area contributed by atoms with Crippen molar-refractivity contribution >= 4 is 128 Å². The van der Waals surface area contributed by atoms with E-state index in [1.807, 2.05) is 13.8 Å². The van der Waals surface area contributed by atoms with Gasteiger partial charge >= 0.3 is 23.3 Å². The number of nitrogens with one attached hydrogen (secondary N) is 10. The number of rotatable bonds is 56. The summed E-state index contributed by atoms with van der Waals surface area (Å²) in [6, 6.07) is 35.2. The van der Waals surface area contributed by atoms with E-state index in [4.69, 9.17) is 103 Å². The van der Waals surface area contributed by atoms with Gasteiger partial charge in [0.05, 0.1) is 134 Å². The molecule has 22 N–H and O–H groups in total. The van der Waals surface area contributed by atoms with Crippen LogP contribution in [0.5, 0.6) is 46.0 Å². The molecule has 0 aliphatic carbocycles. The molecule has 0 aliphatic heterocycles. The van der Waals surface area contributed by atoms with E-state index in [0.29, 0.717) is 215 Å². The van der Waals surface area contributed by atoms with E-state index in [-0.39, 0.29) is 98.7 Å². The summed E-state index contributed by atoms with van der Waals surface area (Å²) in [4.78, 5) is 143. The number of methoxy groups -OCH3 is 2. The van der Waals surface area contributed by atoms with Gasteiger partial charge in [0.1, 0.15) is 34.5 Å². The lowest BCUT2D eigenvalue weighted by atomic mass is 10.1. The molecule has 0 radical (unpaired) electrons. The number of nitrogens with zero attached hydrogens (tertiary/aromatic N) is 2. The minimum atomic E-state index is -0.650. The number of nitrogens with two attached hydrogens (primary N) is 6. The van der Waals surface area contributed by atoms with E-state index in [0.717, 1.165) is 38.5 Å². The SMILES string of the molecule is CC(=N)CCCCOc1cc(C(N)=O)ccc1NC(=O)c1ccc([N+](=O)[O-])c(OCCCCC(=N)N)c1.CCCCOc1cc(C(=O)OC)ccc1NC(=O)c1ccc(NC(C)=O)c(OCCCN)c1.CCCCOc1cc(C(N)=O)ccc1NC(=O)c1ccc([N+](=O)[O-])c(OCCCN)c1.COC(=O)c1ccc(NC(=O)c2ccc(NC(C)=O)c(OCCCCC(=N)N)c2)c(OCCCCC(C)=N)c1. The Kier molecular flexibility index (Phi) is 50.5. The van der Waals surface area contributed by atoms with Crippen LogP contribution in [0, 0.1) is 41.9 Å². The molecule has 0 spiro atoms. The molecule has 0 heterocycles. The van der Waals surface area contributed by atoms with Gasteiger partial charge in [0.15, 0.2) is 11.5 Å². The van der Waals surface area contributed by atoms with Crippen LogP contribution < -0.4 is 104 Å². The number of amidine groups is 2. The molecule has 8 aromatic carbocycles. The first-order valence-corrected chi connectivity index (χ1v) is 45.1. The maximum atomic E-state index is 13.2. The quantitative estimate of drug-likeness (QED) is 0.00420. The van der Waals surface area contributed by atoms with Gasteiger partial charge in [-0.25, -0.2) is 9.59 Å². The highest BCUT2D eigenvalue weighted by Crippen LogP contribution is 2.37. The second-order valence-electron chi connectivity index (χ2n) is 31.3. The number of carbonyl (C=O) groups excluding carboxylic acids is 10. The minimum absolute atomic E-state index is 0.0189. The third-order valence-corrected chi connectivity index (χ3v) is 19.6. The number of nitro groups is 2. The summed E-state index contributed by atoms with van der Waals surface area (Å²) in [7, 11) is 2.58. The van der Waals surface area contributed by atoms with Gasteiger partial charge in [-0.05, 0) is 238 Å². The van der Waals surface area contributed by atoms with Gasteiger partial charge in [0, 0.05) is 95.8 Å². The van der Waals surface area contributed by atoms with E-state index in [2.05, 4.69) is 31.9 Å². The van der Waals surface area contributed by atoms with Crippen molar-refractivity contribution < 1.29 is 105 Å². The molecule has 0 fully saturated rings. The van der Waals surface area contributed by atoms with E-state index < -0.39 is 57.2 Å². The highest BCUT2D eigenvalue weighted by Gasteiger charge is 2.25. The summed E-state index contributed by atoms with van der Waals surface area (Å²) in [6.07, 6.45) is 12.1. The number of hydrogen-bond acceptors (Lipinski definition) is 30. The standard InChI is InChI=1S/C28H37N5O6.C25H32N6O6.C24H31N3O6.C21H26N4O6/c1-18(29)8-4-6-14-39-25-17-21(28(36)37-3)11-13-23(25)33-27(35)20-10-12-22(32-19(2)34)24(16-20)38-15-7-5-9-26(30)31;1-16(26)6-2-4-12-36-21-14-17(24(29)32)8-10-19(21)30-25(33)18-9-11-20(31(34)35)22(15-18)37-13-5-3-7-23(27)28;1-4-5-12-32-22-15-18(24(30)31-3)8-10-20(22)27-23(29)17-7-9-19(26-16(2)28)21(14-17)33-13-6-11-25;1-2-3-10-30-18-12-14(20(23)26)5-7-16(18)24-21(27)15-6-8-17(25(28)29)19(13-15)31-11-4-9-22/h10-13,16-17,29H,4-9,14-15H2,1-3H3,(H3,30,31)(H,32,34)(H,33,35);8-11,14-15,26H,2-7,12-13H2,1H3,(H3,27,28)(H2,29,32)(H,30,33);7-10,14-15H,4-6,11-13,25H2,1-3H3,(H,26,28)(H,27,29);5-8,12-13H,2-4,9-11,22H2,1H3,(H2,23,26)(H,24,27).